The van der Waals surface area contributed by atoms with E-state index < -0.39 is 14.9 Å². The molecular weight excluding hydrogens is 286 g/mol. The fourth-order valence-corrected chi connectivity index (χ4v) is 3.12. The number of anilines is 1. The van der Waals surface area contributed by atoms with Crippen molar-refractivity contribution < 1.29 is 18.4 Å². The van der Waals surface area contributed by atoms with Crippen molar-refractivity contribution in [2.75, 3.05) is 32.6 Å². The van der Waals surface area contributed by atoms with Crippen LogP contribution in [0.5, 0.6) is 0 Å². The summed E-state index contributed by atoms with van der Waals surface area (Å²) in [5, 5.41) is 22.5. The van der Waals surface area contributed by atoms with Crippen molar-refractivity contribution in [3.63, 3.8) is 0 Å². The van der Waals surface area contributed by atoms with Gasteiger partial charge >= 0.3 is 0 Å². The standard InChI is InChI=1S/C11H17N3O5S/c1-8-6-9(12-2)10(14(16)17)7-11(8)20(18,19)13(3)4-5-15/h6-7,12,15H,4-5H2,1-3H3. The Balaban J connectivity index is 3.46. The number of nitro benzene ring substituents is 1. The Morgan fingerprint density at radius 3 is 2.50 bits per heavy atom. The summed E-state index contributed by atoms with van der Waals surface area (Å²) < 4.78 is 25.5. The molecule has 0 aromatic heterocycles. The number of nitrogens with one attached hydrogen (secondary N) is 1. The lowest BCUT2D eigenvalue weighted by Crippen LogP contribution is -2.30. The van der Waals surface area contributed by atoms with E-state index >= 15 is 0 Å². The average molecular weight is 303 g/mol. The van der Waals surface area contributed by atoms with Crippen LogP contribution in [0.2, 0.25) is 0 Å². The molecule has 0 atom stereocenters. The Morgan fingerprint density at radius 2 is 2.05 bits per heavy atom. The quantitative estimate of drug-likeness (QED) is 0.586. The molecule has 0 amide bonds. The molecular formula is C11H17N3O5S. The second-order valence-corrected chi connectivity index (χ2v) is 6.21. The van der Waals surface area contributed by atoms with Crippen LogP contribution in [0.25, 0.3) is 0 Å². The van der Waals surface area contributed by atoms with Gasteiger partial charge in [0.1, 0.15) is 5.69 Å². The van der Waals surface area contributed by atoms with E-state index in [0.29, 0.717) is 5.56 Å². The number of aliphatic hydroxyl groups excluding tert-OH is 1. The predicted octanol–water partition coefficient (Wildman–Crippen LogP) is 0.558. The molecule has 0 saturated heterocycles. The predicted molar refractivity (Wildman–Crippen MR) is 74.3 cm³/mol. The number of rotatable bonds is 6. The largest absolute Gasteiger partial charge is 0.395 e. The number of nitrogens with zero attached hydrogens (tertiary/aromatic N) is 2. The van der Waals surface area contributed by atoms with E-state index in [0.717, 1.165) is 10.4 Å². The maximum absolute atomic E-state index is 12.3. The SMILES string of the molecule is CNc1cc(C)c(S(=O)(=O)N(C)CCO)cc1[N+](=O)[O-]. The van der Waals surface area contributed by atoms with E-state index in [4.69, 9.17) is 5.11 Å². The summed E-state index contributed by atoms with van der Waals surface area (Å²) in [6.07, 6.45) is 0. The molecule has 0 heterocycles. The molecule has 20 heavy (non-hydrogen) atoms. The Kier molecular flexibility index (Phi) is 5.03. The van der Waals surface area contributed by atoms with Gasteiger partial charge in [0.25, 0.3) is 5.69 Å². The highest BCUT2D eigenvalue weighted by Crippen LogP contribution is 2.31. The molecule has 8 nitrogen and oxygen atoms in total. The second-order valence-electron chi connectivity index (χ2n) is 4.19. The minimum Gasteiger partial charge on any atom is -0.395 e. The van der Waals surface area contributed by atoms with E-state index in [-0.39, 0.29) is 29.4 Å². The lowest BCUT2D eigenvalue weighted by Gasteiger charge is -2.18. The molecule has 0 saturated carbocycles. The van der Waals surface area contributed by atoms with E-state index in [1.165, 1.54) is 20.2 Å². The fourth-order valence-electron chi connectivity index (χ4n) is 1.74. The van der Waals surface area contributed by atoms with Gasteiger partial charge in [0.15, 0.2) is 0 Å². The van der Waals surface area contributed by atoms with Gasteiger partial charge in [0.05, 0.1) is 16.4 Å². The van der Waals surface area contributed by atoms with Gasteiger partial charge in [-0.1, -0.05) is 0 Å². The van der Waals surface area contributed by atoms with E-state index in [1.54, 1.807) is 6.92 Å². The summed E-state index contributed by atoms with van der Waals surface area (Å²) >= 11 is 0. The topological polar surface area (TPSA) is 113 Å². The van der Waals surface area contributed by atoms with Crippen LogP contribution in [0.1, 0.15) is 5.56 Å². The van der Waals surface area contributed by atoms with Gasteiger partial charge in [-0.25, -0.2) is 8.42 Å². The van der Waals surface area contributed by atoms with Crippen LogP contribution in [0, 0.1) is 17.0 Å². The smallest absolute Gasteiger partial charge is 0.293 e. The summed E-state index contributed by atoms with van der Waals surface area (Å²) in [6.45, 7) is 1.15. The number of sulfonamides is 1. The van der Waals surface area contributed by atoms with E-state index in [9.17, 15) is 18.5 Å². The summed E-state index contributed by atoms with van der Waals surface area (Å²) in [5.74, 6) is 0. The van der Waals surface area contributed by atoms with Gasteiger partial charge in [-0.3, -0.25) is 10.1 Å². The molecule has 0 spiro atoms. The molecule has 0 aliphatic carbocycles. The zero-order valence-electron chi connectivity index (χ0n) is 11.5. The number of likely N-dealkylation sites (N-methyl/N-ethyl adjacent to an activating group) is 1. The first-order chi connectivity index (χ1) is 9.25. The monoisotopic (exact) mass is 303 g/mol. The third kappa shape index (κ3) is 3.06. The third-order valence-corrected chi connectivity index (χ3v) is 4.86. The second kappa shape index (κ2) is 6.16. The van der Waals surface area contributed by atoms with E-state index in [2.05, 4.69) is 5.32 Å². The summed E-state index contributed by atoms with van der Waals surface area (Å²) in [6, 6.07) is 2.45. The van der Waals surface area contributed by atoms with Crippen LogP contribution in [0.3, 0.4) is 0 Å². The Hall–Kier alpha value is -1.71. The highest BCUT2D eigenvalue weighted by atomic mass is 32.2. The van der Waals surface area contributed by atoms with Crippen molar-refractivity contribution in [3.8, 4) is 0 Å². The Bertz CT molecular complexity index is 615. The molecule has 0 bridgehead atoms. The number of hydrogen-bond donors (Lipinski definition) is 2. The van der Waals surface area contributed by atoms with Crippen LogP contribution < -0.4 is 5.32 Å². The minimum atomic E-state index is -3.87. The first-order valence-electron chi connectivity index (χ1n) is 5.79. The Morgan fingerprint density at radius 1 is 1.45 bits per heavy atom. The fraction of sp³-hybridized carbons (Fsp3) is 0.455. The molecule has 0 radical (unpaired) electrons. The number of benzene rings is 1. The lowest BCUT2D eigenvalue weighted by atomic mass is 10.2. The van der Waals surface area contributed by atoms with Crippen LogP contribution in [-0.4, -0.2) is 50.0 Å². The highest BCUT2D eigenvalue weighted by Gasteiger charge is 2.26. The number of aryl methyl sites for hydroxylation is 1. The van der Waals surface area contributed by atoms with Crippen LogP contribution in [0.15, 0.2) is 17.0 Å². The van der Waals surface area contributed by atoms with E-state index in [1.807, 2.05) is 0 Å². The van der Waals surface area contributed by atoms with Gasteiger partial charge < -0.3 is 10.4 Å². The number of aliphatic hydroxyl groups is 1. The van der Waals surface area contributed by atoms with Crippen molar-refractivity contribution in [2.24, 2.45) is 0 Å². The zero-order chi connectivity index (χ0) is 15.5. The molecule has 112 valence electrons. The highest BCUT2D eigenvalue weighted by molar-refractivity contribution is 7.89. The lowest BCUT2D eigenvalue weighted by molar-refractivity contribution is -0.384. The molecule has 0 aliphatic rings. The number of nitro groups is 1. The maximum Gasteiger partial charge on any atom is 0.293 e. The first kappa shape index (κ1) is 16.3. The van der Waals surface area contributed by atoms with Crippen molar-refractivity contribution in [1.82, 2.24) is 4.31 Å². The van der Waals surface area contributed by atoms with Crippen molar-refractivity contribution >= 4 is 21.4 Å². The molecule has 1 aromatic rings. The average Bonchev–Trinajstić information content (AvgIpc) is 2.37. The molecule has 9 heteroatoms. The van der Waals surface area contributed by atoms with Gasteiger partial charge in [-0.15, -0.1) is 0 Å². The molecule has 1 rings (SSSR count). The van der Waals surface area contributed by atoms with Gasteiger partial charge in [-0.05, 0) is 18.6 Å². The first-order valence-corrected chi connectivity index (χ1v) is 7.23. The summed E-state index contributed by atoms with van der Waals surface area (Å²) in [7, 11) is -1.04. The molecule has 2 N–H and O–H groups in total. The minimum absolute atomic E-state index is 0.0800. The van der Waals surface area contributed by atoms with Gasteiger partial charge in [-0.2, -0.15) is 4.31 Å². The van der Waals surface area contributed by atoms with Gasteiger partial charge in [0.2, 0.25) is 10.0 Å². The molecule has 0 fully saturated rings. The zero-order valence-corrected chi connectivity index (χ0v) is 12.3. The number of hydrogen-bond acceptors (Lipinski definition) is 6. The van der Waals surface area contributed by atoms with Gasteiger partial charge in [0, 0.05) is 26.7 Å². The summed E-state index contributed by atoms with van der Waals surface area (Å²) in [5.41, 5.74) is 0.329. The van der Waals surface area contributed by atoms with Crippen molar-refractivity contribution in [2.45, 2.75) is 11.8 Å². The molecule has 1 aromatic carbocycles. The van der Waals surface area contributed by atoms with Crippen LogP contribution in [-0.2, 0) is 10.0 Å². The van der Waals surface area contributed by atoms with Crippen molar-refractivity contribution in [3.05, 3.63) is 27.8 Å². The third-order valence-electron chi connectivity index (χ3n) is 2.86. The molecule has 0 aliphatic heterocycles. The Labute approximate surface area is 117 Å². The van der Waals surface area contributed by atoms with Crippen LogP contribution >= 0.6 is 0 Å². The molecule has 0 unspecified atom stereocenters. The van der Waals surface area contributed by atoms with Crippen LogP contribution in [0.4, 0.5) is 11.4 Å². The normalized spacial score (nSPS) is 11.7. The van der Waals surface area contributed by atoms with Crippen molar-refractivity contribution in [1.29, 1.82) is 0 Å². The maximum atomic E-state index is 12.3. The summed E-state index contributed by atoms with van der Waals surface area (Å²) in [4.78, 5) is 10.2.